The van der Waals surface area contributed by atoms with E-state index >= 15 is 0 Å². The first kappa shape index (κ1) is 11.0. The van der Waals surface area contributed by atoms with Gasteiger partial charge in [-0.25, -0.2) is 4.39 Å². The van der Waals surface area contributed by atoms with Crippen LogP contribution in [0.2, 0.25) is 0 Å². The molecule has 0 heterocycles. The minimum absolute atomic E-state index is 0.140. The van der Waals surface area contributed by atoms with E-state index in [0.29, 0.717) is 11.6 Å². The van der Waals surface area contributed by atoms with E-state index in [1.54, 1.807) is 19.1 Å². The van der Waals surface area contributed by atoms with Gasteiger partial charge in [0.1, 0.15) is 5.82 Å². The van der Waals surface area contributed by atoms with E-state index in [-0.39, 0.29) is 5.82 Å². The Kier molecular flexibility index (Phi) is 3.93. The number of hydrogen-bond acceptors (Lipinski definition) is 1. The minimum Gasteiger partial charge on any atom is -0.383 e. The molecule has 1 aromatic carbocycles. The highest BCUT2D eigenvalue weighted by Gasteiger charge is 2.02. The van der Waals surface area contributed by atoms with Gasteiger partial charge in [-0.2, -0.15) is 0 Å². The van der Waals surface area contributed by atoms with Crippen LogP contribution in [0.1, 0.15) is 32.3 Å². The summed E-state index contributed by atoms with van der Waals surface area (Å²) in [4.78, 5) is 0. The van der Waals surface area contributed by atoms with Crippen molar-refractivity contribution in [3.63, 3.8) is 0 Å². The molecule has 78 valence electrons. The zero-order chi connectivity index (χ0) is 10.6. The number of rotatable bonds is 4. The van der Waals surface area contributed by atoms with Crippen LogP contribution in [0.25, 0.3) is 0 Å². The zero-order valence-electron chi connectivity index (χ0n) is 9.10. The van der Waals surface area contributed by atoms with Crippen LogP contribution >= 0.6 is 0 Å². The van der Waals surface area contributed by atoms with Crippen LogP contribution in [0.3, 0.4) is 0 Å². The van der Waals surface area contributed by atoms with Crippen molar-refractivity contribution in [2.45, 2.75) is 39.7 Å². The molecule has 2 heteroatoms. The summed E-state index contributed by atoms with van der Waals surface area (Å²) in [6.07, 6.45) is 2.25. The molecular weight excluding hydrogens is 177 g/mol. The molecule has 0 bridgehead atoms. The van der Waals surface area contributed by atoms with Gasteiger partial charge in [0.15, 0.2) is 0 Å². The molecule has 0 aliphatic heterocycles. The highest BCUT2D eigenvalue weighted by molar-refractivity contribution is 5.45. The Morgan fingerprint density at radius 1 is 1.43 bits per heavy atom. The summed E-state index contributed by atoms with van der Waals surface area (Å²) in [6, 6.07) is 5.68. The van der Waals surface area contributed by atoms with Gasteiger partial charge in [0.05, 0.1) is 0 Å². The molecular formula is C12H18FN. The van der Waals surface area contributed by atoms with Gasteiger partial charge in [-0.1, -0.05) is 19.4 Å². The van der Waals surface area contributed by atoms with E-state index in [9.17, 15) is 4.39 Å². The zero-order valence-corrected chi connectivity index (χ0v) is 9.10. The van der Waals surface area contributed by atoms with Gasteiger partial charge in [0, 0.05) is 11.7 Å². The third-order valence-corrected chi connectivity index (χ3v) is 2.31. The fourth-order valence-electron chi connectivity index (χ4n) is 1.47. The van der Waals surface area contributed by atoms with Crippen LogP contribution in [0, 0.1) is 12.7 Å². The van der Waals surface area contributed by atoms with Crippen molar-refractivity contribution in [1.82, 2.24) is 0 Å². The molecule has 0 spiro atoms. The number of hydrogen-bond donors (Lipinski definition) is 1. The van der Waals surface area contributed by atoms with Crippen molar-refractivity contribution < 1.29 is 4.39 Å². The topological polar surface area (TPSA) is 12.0 Å². The summed E-state index contributed by atoms with van der Waals surface area (Å²) in [5.74, 6) is -0.140. The summed E-state index contributed by atoms with van der Waals surface area (Å²) in [5.41, 5.74) is 1.56. The number of aryl methyl sites for hydroxylation is 1. The summed E-state index contributed by atoms with van der Waals surface area (Å²) in [6.45, 7) is 6.03. The van der Waals surface area contributed by atoms with Crippen LogP contribution < -0.4 is 5.32 Å². The molecule has 0 amide bonds. The molecule has 0 aliphatic carbocycles. The summed E-state index contributed by atoms with van der Waals surface area (Å²) in [5, 5.41) is 3.27. The van der Waals surface area contributed by atoms with Gasteiger partial charge in [0.25, 0.3) is 0 Å². The average Bonchev–Trinajstić information content (AvgIpc) is 2.12. The number of nitrogens with one attached hydrogen (secondary N) is 1. The molecule has 14 heavy (non-hydrogen) atoms. The Morgan fingerprint density at radius 3 is 2.71 bits per heavy atom. The molecule has 1 nitrogen and oxygen atoms in total. The number of benzene rings is 1. The predicted molar refractivity (Wildman–Crippen MR) is 59.1 cm³/mol. The Labute approximate surface area is 85.3 Å². The summed E-state index contributed by atoms with van der Waals surface area (Å²) in [7, 11) is 0. The van der Waals surface area contributed by atoms with Crippen molar-refractivity contribution in [1.29, 1.82) is 0 Å². The van der Waals surface area contributed by atoms with Crippen LogP contribution in [0.15, 0.2) is 18.2 Å². The average molecular weight is 195 g/mol. The van der Waals surface area contributed by atoms with Crippen LogP contribution in [-0.2, 0) is 0 Å². The second-order valence-corrected chi connectivity index (χ2v) is 3.80. The molecule has 1 atom stereocenters. The van der Waals surface area contributed by atoms with Crippen LogP contribution in [0.4, 0.5) is 10.1 Å². The highest BCUT2D eigenvalue weighted by Crippen LogP contribution is 2.15. The van der Waals surface area contributed by atoms with Gasteiger partial charge in [-0.05, 0) is 38.0 Å². The lowest BCUT2D eigenvalue weighted by Gasteiger charge is -2.14. The van der Waals surface area contributed by atoms with Crippen LogP contribution in [0.5, 0.6) is 0 Å². The van der Waals surface area contributed by atoms with E-state index in [1.807, 2.05) is 6.07 Å². The number of anilines is 1. The van der Waals surface area contributed by atoms with Gasteiger partial charge < -0.3 is 5.32 Å². The van der Waals surface area contributed by atoms with Crippen molar-refractivity contribution in [3.8, 4) is 0 Å². The maximum Gasteiger partial charge on any atom is 0.128 e. The molecule has 0 radical (unpaired) electrons. The molecule has 0 saturated heterocycles. The Bertz CT molecular complexity index is 296. The molecule has 0 aliphatic rings. The Morgan fingerprint density at radius 2 is 2.14 bits per heavy atom. The summed E-state index contributed by atoms with van der Waals surface area (Å²) < 4.78 is 13.2. The van der Waals surface area contributed by atoms with E-state index in [4.69, 9.17) is 0 Å². The first-order valence-electron chi connectivity index (χ1n) is 5.16. The predicted octanol–water partition coefficient (Wildman–Crippen LogP) is 3.73. The molecule has 0 saturated carbocycles. The molecule has 0 fully saturated rings. The molecule has 0 aromatic heterocycles. The smallest absolute Gasteiger partial charge is 0.128 e. The standard InChI is InChI=1S/C12H18FN/c1-4-5-10(3)14-11-7-6-9(2)12(13)8-11/h6-8,10,14H,4-5H2,1-3H3/t10-/m0/s1. The van der Waals surface area contributed by atoms with Crippen molar-refractivity contribution in [2.75, 3.05) is 5.32 Å². The largest absolute Gasteiger partial charge is 0.383 e. The van der Waals surface area contributed by atoms with Crippen molar-refractivity contribution in [2.24, 2.45) is 0 Å². The third kappa shape index (κ3) is 3.02. The maximum atomic E-state index is 13.2. The second kappa shape index (κ2) is 4.99. The SMILES string of the molecule is CCC[C@H](C)Nc1ccc(C)c(F)c1. The van der Waals surface area contributed by atoms with Crippen molar-refractivity contribution >= 4 is 5.69 Å². The monoisotopic (exact) mass is 195 g/mol. The number of halogens is 1. The second-order valence-electron chi connectivity index (χ2n) is 3.80. The molecule has 0 unspecified atom stereocenters. The van der Waals surface area contributed by atoms with Gasteiger partial charge in [-0.15, -0.1) is 0 Å². The van der Waals surface area contributed by atoms with Crippen molar-refractivity contribution in [3.05, 3.63) is 29.6 Å². The lowest BCUT2D eigenvalue weighted by atomic mass is 10.1. The molecule has 1 rings (SSSR count). The van der Waals surface area contributed by atoms with E-state index < -0.39 is 0 Å². The molecule has 1 aromatic rings. The van der Waals surface area contributed by atoms with E-state index in [0.717, 1.165) is 18.5 Å². The Balaban J connectivity index is 2.63. The van der Waals surface area contributed by atoms with Crippen LogP contribution in [-0.4, -0.2) is 6.04 Å². The van der Waals surface area contributed by atoms with E-state index in [2.05, 4.69) is 19.2 Å². The minimum atomic E-state index is -0.140. The molecule has 1 N–H and O–H groups in total. The lowest BCUT2D eigenvalue weighted by molar-refractivity contribution is 0.617. The highest BCUT2D eigenvalue weighted by atomic mass is 19.1. The van der Waals surface area contributed by atoms with Gasteiger partial charge in [0.2, 0.25) is 0 Å². The fourth-order valence-corrected chi connectivity index (χ4v) is 1.47. The quantitative estimate of drug-likeness (QED) is 0.771. The van der Waals surface area contributed by atoms with E-state index in [1.165, 1.54) is 0 Å². The third-order valence-electron chi connectivity index (χ3n) is 2.31. The first-order chi connectivity index (χ1) is 6.63. The first-order valence-corrected chi connectivity index (χ1v) is 5.16. The fraction of sp³-hybridized carbons (Fsp3) is 0.500. The normalized spacial score (nSPS) is 12.6. The Hall–Kier alpha value is -1.05. The van der Waals surface area contributed by atoms with Gasteiger partial charge in [-0.3, -0.25) is 0 Å². The summed E-state index contributed by atoms with van der Waals surface area (Å²) >= 11 is 0. The lowest BCUT2D eigenvalue weighted by Crippen LogP contribution is -2.14. The van der Waals surface area contributed by atoms with Gasteiger partial charge >= 0.3 is 0 Å². The maximum absolute atomic E-state index is 13.2.